The SMILES string of the molecule is c1ccc(-c2cc(-c3ccc(-c4ccc(-c5cccc6c(-c7ccncc7)nc7ccccc7c56)cc4)cc3)cc(-c3ccccn3)n2)nc1. The summed E-state index contributed by atoms with van der Waals surface area (Å²) in [6, 6.07) is 52.5. The van der Waals surface area contributed by atoms with E-state index in [2.05, 4.69) is 112 Å². The first kappa shape index (κ1) is 29.3. The first-order valence-electron chi connectivity index (χ1n) is 16.6. The summed E-state index contributed by atoms with van der Waals surface area (Å²) in [7, 11) is 0. The molecule has 0 bridgehead atoms. The van der Waals surface area contributed by atoms with Crippen molar-refractivity contribution in [3.8, 4) is 67.4 Å². The molecule has 4 aromatic carbocycles. The third-order valence-electron chi connectivity index (χ3n) is 9.11. The Kier molecular flexibility index (Phi) is 7.41. The third kappa shape index (κ3) is 5.47. The minimum absolute atomic E-state index is 0.813. The predicted octanol–water partition coefficient (Wildman–Crippen LogP) is 11.0. The van der Waals surface area contributed by atoms with Crippen molar-refractivity contribution in [1.82, 2.24) is 24.9 Å². The maximum Gasteiger partial charge on any atom is 0.0900 e. The molecular formula is C45H29N5. The van der Waals surface area contributed by atoms with Gasteiger partial charge in [-0.3, -0.25) is 15.0 Å². The van der Waals surface area contributed by atoms with Gasteiger partial charge in [-0.05, 0) is 88.0 Å². The highest BCUT2D eigenvalue weighted by Gasteiger charge is 2.15. The molecule has 0 aliphatic carbocycles. The van der Waals surface area contributed by atoms with E-state index in [0.29, 0.717) is 0 Å². The van der Waals surface area contributed by atoms with E-state index in [0.717, 1.165) is 78.1 Å². The molecule has 0 atom stereocenters. The number of hydrogen-bond acceptors (Lipinski definition) is 5. The Balaban J connectivity index is 1.08. The van der Waals surface area contributed by atoms with Gasteiger partial charge in [-0.2, -0.15) is 0 Å². The molecule has 50 heavy (non-hydrogen) atoms. The number of hydrogen-bond donors (Lipinski definition) is 0. The van der Waals surface area contributed by atoms with Crippen molar-refractivity contribution < 1.29 is 0 Å². The zero-order valence-corrected chi connectivity index (χ0v) is 27.0. The van der Waals surface area contributed by atoms with E-state index in [4.69, 9.17) is 9.97 Å². The van der Waals surface area contributed by atoms with Gasteiger partial charge < -0.3 is 0 Å². The first-order valence-corrected chi connectivity index (χ1v) is 16.6. The van der Waals surface area contributed by atoms with Crippen molar-refractivity contribution in [2.24, 2.45) is 0 Å². The molecule has 5 heteroatoms. The Morgan fingerprint density at radius 1 is 0.340 bits per heavy atom. The van der Waals surface area contributed by atoms with E-state index in [9.17, 15) is 0 Å². The van der Waals surface area contributed by atoms with Crippen LogP contribution in [0.15, 0.2) is 176 Å². The average Bonchev–Trinajstić information content (AvgIpc) is 3.21. The van der Waals surface area contributed by atoms with Gasteiger partial charge in [0.05, 0.1) is 34.0 Å². The van der Waals surface area contributed by atoms with Crippen LogP contribution in [0.3, 0.4) is 0 Å². The van der Waals surface area contributed by atoms with E-state index in [1.807, 2.05) is 67.0 Å². The molecule has 5 heterocycles. The summed E-state index contributed by atoms with van der Waals surface area (Å²) >= 11 is 0. The molecule has 234 valence electrons. The van der Waals surface area contributed by atoms with Gasteiger partial charge in [0.15, 0.2) is 0 Å². The second kappa shape index (κ2) is 12.6. The molecule has 0 N–H and O–H groups in total. The van der Waals surface area contributed by atoms with Gasteiger partial charge in [-0.15, -0.1) is 0 Å². The normalized spacial score (nSPS) is 11.2. The molecule has 0 saturated carbocycles. The summed E-state index contributed by atoms with van der Waals surface area (Å²) in [4.78, 5) is 23.4. The monoisotopic (exact) mass is 639 g/mol. The highest BCUT2D eigenvalue weighted by Crippen LogP contribution is 2.39. The Hall–Kier alpha value is -6.85. The molecule has 0 unspecified atom stereocenters. The predicted molar refractivity (Wildman–Crippen MR) is 203 cm³/mol. The molecule has 0 amide bonds. The molecule has 9 aromatic rings. The molecular weight excluding hydrogens is 611 g/mol. The maximum absolute atomic E-state index is 5.09. The van der Waals surface area contributed by atoms with Crippen molar-refractivity contribution in [3.05, 3.63) is 176 Å². The molecule has 0 radical (unpaired) electrons. The van der Waals surface area contributed by atoms with Crippen LogP contribution in [0.2, 0.25) is 0 Å². The zero-order valence-electron chi connectivity index (χ0n) is 27.0. The summed E-state index contributed by atoms with van der Waals surface area (Å²) in [6.45, 7) is 0. The Labute approximate surface area is 289 Å². The van der Waals surface area contributed by atoms with Crippen LogP contribution in [0.25, 0.3) is 89.1 Å². The highest BCUT2D eigenvalue weighted by atomic mass is 14.8. The third-order valence-corrected chi connectivity index (χ3v) is 9.11. The number of benzene rings is 4. The van der Waals surface area contributed by atoms with E-state index in [1.165, 1.54) is 10.9 Å². The van der Waals surface area contributed by atoms with Crippen molar-refractivity contribution in [2.45, 2.75) is 0 Å². The number of pyridine rings is 5. The zero-order chi connectivity index (χ0) is 33.3. The highest BCUT2D eigenvalue weighted by molar-refractivity contribution is 6.17. The Morgan fingerprint density at radius 2 is 0.900 bits per heavy atom. The van der Waals surface area contributed by atoms with Crippen LogP contribution in [0.5, 0.6) is 0 Å². The lowest BCUT2D eigenvalue weighted by Gasteiger charge is -2.14. The van der Waals surface area contributed by atoms with E-state index in [1.54, 1.807) is 12.4 Å². The van der Waals surface area contributed by atoms with Gasteiger partial charge in [0.2, 0.25) is 0 Å². The first-order chi connectivity index (χ1) is 24.8. The van der Waals surface area contributed by atoms with Crippen LogP contribution < -0.4 is 0 Å². The van der Waals surface area contributed by atoms with Gasteiger partial charge >= 0.3 is 0 Å². The molecule has 5 aromatic heterocycles. The topological polar surface area (TPSA) is 64.5 Å². The Morgan fingerprint density at radius 3 is 1.52 bits per heavy atom. The van der Waals surface area contributed by atoms with Gasteiger partial charge in [-0.1, -0.05) is 97.1 Å². The maximum atomic E-state index is 5.09. The molecule has 9 rings (SSSR count). The quantitative estimate of drug-likeness (QED) is 0.169. The van der Waals surface area contributed by atoms with E-state index >= 15 is 0 Å². The fraction of sp³-hybridized carbons (Fsp3) is 0. The van der Waals surface area contributed by atoms with Crippen LogP contribution in [0, 0.1) is 0 Å². The van der Waals surface area contributed by atoms with Crippen molar-refractivity contribution >= 4 is 21.7 Å². The lowest BCUT2D eigenvalue weighted by molar-refractivity contribution is 1.22. The van der Waals surface area contributed by atoms with Crippen molar-refractivity contribution in [2.75, 3.05) is 0 Å². The van der Waals surface area contributed by atoms with Crippen molar-refractivity contribution in [3.63, 3.8) is 0 Å². The second-order valence-electron chi connectivity index (χ2n) is 12.2. The van der Waals surface area contributed by atoms with E-state index < -0.39 is 0 Å². The summed E-state index contributed by atoms with van der Waals surface area (Å²) in [5, 5.41) is 3.47. The average molecular weight is 640 g/mol. The number of fused-ring (bicyclic) bond motifs is 3. The van der Waals surface area contributed by atoms with Crippen LogP contribution in [-0.4, -0.2) is 24.9 Å². The summed E-state index contributed by atoms with van der Waals surface area (Å²) in [5.74, 6) is 0. The van der Waals surface area contributed by atoms with Crippen LogP contribution in [0.1, 0.15) is 0 Å². The molecule has 0 aliphatic heterocycles. The molecule has 5 nitrogen and oxygen atoms in total. The van der Waals surface area contributed by atoms with Crippen molar-refractivity contribution in [1.29, 1.82) is 0 Å². The summed E-state index contributed by atoms with van der Waals surface area (Å²) in [5.41, 5.74) is 13.1. The minimum Gasteiger partial charge on any atom is -0.265 e. The molecule has 0 fully saturated rings. The summed E-state index contributed by atoms with van der Waals surface area (Å²) in [6.07, 6.45) is 7.24. The van der Waals surface area contributed by atoms with Gasteiger partial charge in [0.1, 0.15) is 0 Å². The van der Waals surface area contributed by atoms with Crippen LogP contribution >= 0.6 is 0 Å². The number of aromatic nitrogens is 5. The van der Waals surface area contributed by atoms with Crippen LogP contribution in [0.4, 0.5) is 0 Å². The number of nitrogens with zero attached hydrogens (tertiary/aromatic N) is 5. The molecule has 0 spiro atoms. The largest absolute Gasteiger partial charge is 0.265 e. The molecule has 0 aliphatic rings. The lowest BCUT2D eigenvalue weighted by atomic mass is 9.92. The van der Waals surface area contributed by atoms with Crippen LogP contribution in [-0.2, 0) is 0 Å². The number of rotatable bonds is 6. The standard InChI is InChI=1S/C45H29N5/c1-2-11-39-37(8-1)44-36(9-7-10-38(44)45(50-39)34-22-26-46-27-23-34)33-20-18-31(19-21-33)30-14-16-32(17-15-30)35-28-42(40-12-3-5-24-47-40)49-43(29-35)41-13-4-6-25-48-41/h1-29H. The minimum atomic E-state index is 0.813. The lowest BCUT2D eigenvalue weighted by Crippen LogP contribution is -1.94. The van der Waals surface area contributed by atoms with Gasteiger partial charge in [-0.25, -0.2) is 9.97 Å². The molecule has 0 saturated heterocycles. The smallest absolute Gasteiger partial charge is 0.0900 e. The Bertz CT molecular complexity index is 2550. The fourth-order valence-electron chi connectivity index (χ4n) is 6.66. The van der Waals surface area contributed by atoms with Gasteiger partial charge in [0.25, 0.3) is 0 Å². The number of para-hydroxylation sites is 1. The van der Waals surface area contributed by atoms with E-state index in [-0.39, 0.29) is 0 Å². The summed E-state index contributed by atoms with van der Waals surface area (Å²) < 4.78 is 0. The fourth-order valence-corrected chi connectivity index (χ4v) is 6.66. The second-order valence-corrected chi connectivity index (χ2v) is 12.2. The van der Waals surface area contributed by atoms with Gasteiger partial charge in [0, 0.05) is 46.5 Å².